The standard InChI is InChI=1S/C9H13NO/c1-7(11)10-8-4-5-9(2,3)6-8/h4-6H,1-3H3,(H,10,11). The SMILES string of the molecule is CC(=O)NC1=CC(C)(C)C=C1. The fraction of sp³-hybridized carbons (Fsp3) is 0.444. The molecule has 2 heteroatoms. The van der Waals surface area contributed by atoms with Gasteiger partial charge in [0.1, 0.15) is 0 Å². The molecule has 0 saturated carbocycles. The largest absolute Gasteiger partial charge is 0.327 e. The van der Waals surface area contributed by atoms with Gasteiger partial charge in [-0.2, -0.15) is 0 Å². The number of rotatable bonds is 1. The maximum atomic E-state index is 10.6. The third kappa shape index (κ3) is 2.22. The van der Waals surface area contributed by atoms with Gasteiger partial charge in [-0.15, -0.1) is 0 Å². The number of hydrogen-bond acceptors (Lipinski definition) is 1. The van der Waals surface area contributed by atoms with E-state index in [4.69, 9.17) is 0 Å². The average molecular weight is 151 g/mol. The molecule has 0 aliphatic heterocycles. The Morgan fingerprint density at radius 1 is 1.55 bits per heavy atom. The zero-order chi connectivity index (χ0) is 8.48. The van der Waals surface area contributed by atoms with Gasteiger partial charge in [0, 0.05) is 18.0 Å². The van der Waals surface area contributed by atoms with E-state index in [0.717, 1.165) is 5.70 Å². The summed E-state index contributed by atoms with van der Waals surface area (Å²) in [4.78, 5) is 10.6. The highest BCUT2D eigenvalue weighted by molar-refractivity contribution is 5.75. The molecular formula is C9H13NO. The van der Waals surface area contributed by atoms with Crippen molar-refractivity contribution in [2.75, 3.05) is 0 Å². The topological polar surface area (TPSA) is 29.1 Å². The van der Waals surface area contributed by atoms with E-state index in [0.29, 0.717) is 0 Å². The van der Waals surface area contributed by atoms with Crippen molar-refractivity contribution in [3.05, 3.63) is 23.9 Å². The molecule has 1 rings (SSSR count). The Morgan fingerprint density at radius 2 is 2.18 bits per heavy atom. The van der Waals surface area contributed by atoms with Crippen LogP contribution in [-0.2, 0) is 4.79 Å². The van der Waals surface area contributed by atoms with Crippen LogP contribution >= 0.6 is 0 Å². The normalized spacial score (nSPS) is 19.7. The lowest BCUT2D eigenvalue weighted by atomic mass is 9.97. The summed E-state index contributed by atoms with van der Waals surface area (Å²) < 4.78 is 0. The fourth-order valence-electron chi connectivity index (χ4n) is 1.08. The van der Waals surface area contributed by atoms with Crippen LogP contribution in [0.25, 0.3) is 0 Å². The van der Waals surface area contributed by atoms with Gasteiger partial charge in [-0.3, -0.25) is 4.79 Å². The van der Waals surface area contributed by atoms with E-state index in [-0.39, 0.29) is 11.3 Å². The van der Waals surface area contributed by atoms with Crippen molar-refractivity contribution < 1.29 is 4.79 Å². The summed E-state index contributed by atoms with van der Waals surface area (Å²) in [6.45, 7) is 5.70. The molecule has 0 atom stereocenters. The van der Waals surface area contributed by atoms with E-state index in [2.05, 4.69) is 25.2 Å². The molecule has 0 bridgehead atoms. The van der Waals surface area contributed by atoms with Crippen LogP contribution in [0.1, 0.15) is 20.8 Å². The summed E-state index contributed by atoms with van der Waals surface area (Å²) in [5, 5.41) is 2.73. The Bertz CT molecular complexity index is 236. The van der Waals surface area contributed by atoms with Gasteiger partial charge in [0.2, 0.25) is 5.91 Å². The van der Waals surface area contributed by atoms with Crippen LogP contribution in [0.15, 0.2) is 23.9 Å². The van der Waals surface area contributed by atoms with Gasteiger partial charge in [0.05, 0.1) is 0 Å². The maximum absolute atomic E-state index is 10.6. The first-order valence-electron chi connectivity index (χ1n) is 3.69. The van der Waals surface area contributed by atoms with E-state index in [1.165, 1.54) is 6.92 Å². The third-order valence-electron chi connectivity index (χ3n) is 1.54. The van der Waals surface area contributed by atoms with Crippen molar-refractivity contribution in [3.63, 3.8) is 0 Å². The molecule has 1 amide bonds. The number of hydrogen-bond donors (Lipinski definition) is 1. The van der Waals surface area contributed by atoms with E-state index < -0.39 is 0 Å². The highest BCUT2D eigenvalue weighted by atomic mass is 16.1. The molecule has 1 aliphatic carbocycles. The lowest BCUT2D eigenvalue weighted by molar-refractivity contribution is -0.118. The van der Waals surface area contributed by atoms with Crippen LogP contribution in [0.4, 0.5) is 0 Å². The summed E-state index contributed by atoms with van der Waals surface area (Å²) in [6, 6.07) is 0. The molecule has 0 spiro atoms. The Morgan fingerprint density at radius 3 is 2.55 bits per heavy atom. The number of amides is 1. The third-order valence-corrected chi connectivity index (χ3v) is 1.54. The number of nitrogens with one attached hydrogen (secondary N) is 1. The van der Waals surface area contributed by atoms with Gasteiger partial charge in [-0.25, -0.2) is 0 Å². The molecular weight excluding hydrogens is 138 g/mol. The average Bonchev–Trinajstić information content (AvgIpc) is 2.08. The van der Waals surface area contributed by atoms with Gasteiger partial charge in [-0.05, 0) is 6.08 Å². The van der Waals surface area contributed by atoms with Crippen LogP contribution < -0.4 is 5.32 Å². The highest BCUT2D eigenvalue weighted by Gasteiger charge is 2.16. The number of carbonyl (C=O) groups excluding carboxylic acids is 1. The van der Waals surface area contributed by atoms with Crippen LogP contribution in [-0.4, -0.2) is 5.91 Å². The fourth-order valence-corrected chi connectivity index (χ4v) is 1.08. The molecule has 0 aromatic carbocycles. The molecule has 0 aromatic rings. The monoisotopic (exact) mass is 151 g/mol. The van der Waals surface area contributed by atoms with Crippen LogP contribution in [0.5, 0.6) is 0 Å². The smallest absolute Gasteiger partial charge is 0.221 e. The number of allylic oxidation sites excluding steroid dienone is 3. The molecule has 2 nitrogen and oxygen atoms in total. The zero-order valence-corrected chi connectivity index (χ0v) is 7.14. The Labute approximate surface area is 67.0 Å². The molecule has 0 saturated heterocycles. The second-order valence-electron chi connectivity index (χ2n) is 3.44. The van der Waals surface area contributed by atoms with Gasteiger partial charge >= 0.3 is 0 Å². The quantitative estimate of drug-likeness (QED) is 0.606. The first kappa shape index (κ1) is 8.05. The zero-order valence-electron chi connectivity index (χ0n) is 7.14. The first-order chi connectivity index (χ1) is 4.99. The summed E-state index contributed by atoms with van der Waals surface area (Å²) in [5.41, 5.74) is 1.00. The first-order valence-corrected chi connectivity index (χ1v) is 3.69. The highest BCUT2D eigenvalue weighted by Crippen LogP contribution is 2.26. The summed E-state index contributed by atoms with van der Waals surface area (Å²) in [7, 11) is 0. The second-order valence-corrected chi connectivity index (χ2v) is 3.44. The van der Waals surface area contributed by atoms with Crippen molar-refractivity contribution in [2.45, 2.75) is 20.8 Å². The lowest BCUT2D eigenvalue weighted by Gasteiger charge is -2.09. The summed E-state index contributed by atoms with van der Waals surface area (Å²) >= 11 is 0. The van der Waals surface area contributed by atoms with Crippen molar-refractivity contribution >= 4 is 5.91 Å². The molecule has 1 N–H and O–H groups in total. The lowest BCUT2D eigenvalue weighted by Crippen LogP contribution is -2.17. The number of carbonyl (C=O) groups is 1. The van der Waals surface area contributed by atoms with E-state index in [1.807, 2.05) is 12.2 Å². The molecule has 0 unspecified atom stereocenters. The van der Waals surface area contributed by atoms with Gasteiger partial charge < -0.3 is 5.32 Å². The van der Waals surface area contributed by atoms with Gasteiger partial charge in [-0.1, -0.05) is 26.0 Å². The summed E-state index contributed by atoms with van der Waals surface area (Å²) in [6.07, 6.45) is 6.04. The molecule has 1 aliphatic rings. The predicted molar refractivity (Wildman–Crippen MR) is 44.8 cm³/mol. The minimum absolute atomic E-state index is 0.0152. The van der Waals surface area contributed by atoms with Crippen LogP contribution in [0, 0.1) is 5.41 Å². The molecule has 0 fully saturated rings. The van der Waals surface area contributed by atoms with E-state index >= 15 is 0 Å². The van der Waals surface area contributed by atoms with Crippen LogP contribution in [0.3, 0.4) is 0 Å². The predicted octanol–water partition coefficient (Wildman–Crippen LogP) is 1.60. The van der Waals surface area contributed by atoms with E-state index in [1.54, 1.807) is 0 Å². The Hall–Kier alpha value is -1.05. The van der Waals surface area contributed by atoms with Gasteiger partial charge in [0.15, 0.2) is 0 Å². The Balaban J connectivity index is 2.65. The molecule has 11 heavy (non-hydrogen) atoms. The van der Waals surface area contributed by atoms with Crippen molar-refractivity contribution in [1.82, 2.24) is 5.32 Å². The van der Waals surface area contributed by atoms with E-state index in [9.17, 15) is 4.79 Å². The maximum Gasteiger partial charge on any atom is 0.221 e. The Kier molecular flexibility index (Phi) is 1.85. The van der Waals surface area contributed by atoms with Crippen molar-refractivity contribution in [3.8, 4) is 0 Å². The van der Waals surface area contributed by atoms with Gasteiger partial charge in [0.25, 0.3) is 0 Å². The van der Waals surface area contributed by atoms with Crippen molar-refractivity contribution in [1.29, 1.82) is 0 Å². The molecule has 0 aromatic heterocycles. The molecule has 60 valence electrons. The molecule has 0 radical (unpaired) electrons. The minimum atomic E-state index is -0.0152. The minimum Gasteiger partial charge on any atom is -0.327 e. The van der Waals surface area contributed by atoms with Crippen LogP contribution in [0.2, 0.25) is 0 Å². The van der Waals surface area contributed by atoms with Crippen molar-refractivity contribution in [2.24, 2.45) is 5.41 Å². The summed E-state index contributed by atoms with van der Waals surface area (Å²) in [5.74, 6) is -0.0152. The molecule has 0 heterocycles. The second kappa shape index (κ2) is 2.53.